The molecule has 4 aromatic rings. The van der Waals surface area contributed by atoms with E-state index in [-0.39, 0.29) is 16.2 Å². The smallest absolute Gasteiger partial charge is 0.264 e. The van der Waals surface area contributed by atoms with Crippen LogP contribution in [0.15, 0.2) is 69.9 Å². The summed E-state index contributed by atoms with van der Waals surface area (Å²) in [7, 11) is -3.72. The zero-order valence-electron chi connectivity index (χ0n) is 16.4. The number of carbonyl (C=O) groups is 1. The predicted octanol–water partition coefficient (Wildman–Crippen LogP) is 3.99. The average Bonchev–Trinajstić information content (AvgIpc) is 3.16. The van der Waals surface area contributed by atoms with Crippen molar-refractivity contribution in [2.24, 2.45) is 0 Å². The van der Waals surface area contributed by atoms with E-state index in [1.807, 2.05) is 31.2 Å². The van der Waals surface area contributed by atoms with Crippen LogP contribution in [0.25, 0.3) is 16.6 Å². The van der Waals surface area contributed by atoms with E-state index in [1.54, 1.807) is 18.3 Å². The Labute approximate surface area is 187 Å². The first kappa shape index (κ1) is 21.4. The number of thiophene rings is 1. The maximum Gasteiger partial charge on any atom is 0.264 e. The van der Waals surface area contributed by atoms with Gasteiger partial charge in [-0.1, -0.05) is 35.4 Å². The van der Waals surface area contributed by atoms with E-state index in [0.29, 0.717) is 21.1 Å². The number of aromatic nitrogens is 2. The molecule has 0 N–H and O–H groups in total. The van der Waals surface area contributed by atoms with Crippen LogP contribution >= 0.6 is 22.9 Å². The van der Waals surface area contributed by atoms with Gasteiger partial charge in [0.15, 0.2) is 15.6 Å². The molecule has 0 bridgehead atoms. The summed E-state index contributed by atoms with van der Waals surface area (Å²) >= 11 is 6.71. The summed E-state index contributed by atoms with van der Waals surface area (Å²) < 4.78 is 26.5. The van der Waals surface area contributed by atoms with Crippen molar-refractivity contribution in [2.75, 3.05) is 5.75 Å². The summed E-state index contributed by atoms with van der Waals surface area (Å²) in [6.07, 6.45) is 3.07. The third-order valence-corrected chi connectivity index (χ3v) is 8.21. The van der Waals surface area contributed by atoms with E-state index in [4.69, 9.17) is 11.6 Å². The predicted molar refractivity (Wildman–Crippen MR) is 122 cm³/mol. The second-order valence-corrected chi connectivity index (χ2v) is 11.1. The Hall–Kier alpha value is -2.81. The van der Waals surface area contributed by atoms with Gasteiger partial charge in [0.1, 0.15) is 15.8 Å². The lowest BCUT2D eigenvalue weighted by atomic mass is 10.1. The number of pyridine rings is 2. The van der Waals surface area contributed by atoms with E-state index in [0.717, 1.165) is 22.3 Å². The summed E-state index contributed by atoms with van der Waals surface area (Å²) in [6, 6.07) is 13.7. The minimum absolute atomic E-state index is 0.0720. The fourth-order valence-corrected chi connectivity index (χ4v) is 6.04. The van der Waals surface area contributed by atoms with Gasteiger partial charge in [0.05, 0.1) is 4.34 Å². The molecule has 0 aliphatic rings. The minimum atomic E-state index is -3.72. The van der Waals surface area contributed by atoms with Gasteiger partial charge in [-0.2, -0.15) is 0 Å². The molecule has 4 rings (SSSR count). The number of hydrogen-bond acceptors (Lipinski definition) is 6. The summed E-state index contributed by atoms with van der Waals surface area (Å²) in [5.74, 6) is -0.627. The van der Waals surface area contributed by atoms with Crippen LogP contribution in [-0.2, 0) is 21.1 Å². The second kappa shape index (κ2) is 8.37. The van der Waals surface area contributed by atoms with Crippen molar-refractivity contribution in [1.29, 1.82) is 0 Å². The molecule has 0 atom stereocenters. The first-order valence-electron chi connectivity index (χ1n) is 9.30. The number of ketones is 1. The Balaban J connectivity index is 1.52. The quantitative estimate of drug-likeness (QED) is 0.423. The molecular weight excluding hydrogens is 456 g/mol. The number of aryl methyl sites for hydroxylation is 1. The van der Waals surface area contributed by atoms with E-state index < -0.39 is 21.4 Å². The largest absolute Gasteiger partial charge is 0.298 e. The Kier molecular flexibility index (Phi) is 5.79. The van der Waals surface area contributed by atoms with Crippen LogP contribution in [0.1, 0.15) is 11.1 Å². The fraction of sp³-hybridized carbons (Fsp3) is 0.136. The lowest BCUT2D eigenvalue weighted by Crippen LogP contribution is -2.19. The van der Waals surface area contributed by atoms with Gasteiger partial charge in [0.2, 0.25) is 0 Å². The van der Waals surface area contributed by atoms with Gasteiger partial charge in [0, 0.05) is 24.2 Å². The molecule has 3 aromatic heterocycles. The third-order valence-electron chi connectivity index (χ3n) is 4.72. The van der Waals surface area contributed by atoms with Crippen LogP contribution < -0.4 is 5.56 Å². The standard InChI is InChI=1S/C22H17ClN2O4S2/c1-14-2-4-16-8-9-25(22(27)18(16)10-14)20-6-3-15(12-24-20)11-17(26)13-31(28,29)21-7-5-19(23)30-21/h2-10,12H,11,13H2,1H3. The molecule has 0 saturated heterocycles. The molecule has 0 radical (unpaired) electrons. The molecule has 0 spiro atoms. The number of rotatable bonds is 6. The number of fused-ring (bicyclic) bond motifs is 1. The molecule has 0 aliphatic heterocycles. The second-order valence-electron chi connectivity index (χ2n) is 7.14. The van der Waals surface area contributed by atoms with E-state index in [9.17, 15) is 18.0 Å². The van der Waals surface area contributed by atoms with Crippen molar-refractivity contribution in [3.05, 3.63) is 86.7 Å². The van der Waals surface area contributed by atoms with Crippen molar-refractivity contribution >= 4 is 49.3 Å². The average molecular weight is 473 g/mol. The zero-order chi connectivity index (χ0) is 22.2. The van der Waals surface area contributed by atoms with Crippen molar-refractivity contribution in [2.45, 2.75) is 17.6 Å². The van der Waals surface area contributed by atoms with Gasteiger partial charge in [-0.25, -0.2) is 13.4 Å². The first-order valence-corrected chi connectivity index (χ1v) is 12.1. The Morgan fingerprint density at radius 2 is 1.94 bits per heavy atom. The molecule has 0 aliphatic carbocycles. The van der Waals surface area contributed by atoms with E-state index in [1.165, 1.54) is 22.9 Å². The molecule has 31 heavy (non-hydrogen) atoms. The molecule has 9 heteroatoms. The molecule has 1 aromatic carbocycles. The summed E-state index contributed by atoms with van der Waals surface area (Å²) in [5.41, 5.74) is 1.38. The highest BCUT2D eigenvalue weighted by Gasteiger charge is 2.21. The van der Waals surface area contributed by atoms with E-state index >= 15 is 0 Å². The molecule has 0 saturated carbocycles. The van der Waals surface area contributed by atoms with Crippen molar-refractivity contribution < 1.29 is 13.2 Å². The van der Waals surface area contributed by atoms with E-state index in [2.05, 4.69) is 4.98 Å². The van der Waals surface area contributed by atoms with Gasteiger partial charge >= 0.3 is 0 Å². The number of nitrogens with zero attached hydrogens (tertiary/aromatic N) is 2. The third kappa shape index (κ3) is 4.61. The Morgan fingerprint density at radius 3 is 2.61 bits per heavy atom. The molecule has 0 fully saturated rings. The lowest BCUT2D eigenvalue weighted by Gasteiger charge is -2.08. The number of benzene rings is 1. The fourth-order valence-electron chi connectivity index (χ4n) is 3.22. The molecule has 0 amide bonds. The topological polar surface area (TPSA) is 86.1 Å². The lowest BCUT2D eigenvalue weighted by molar-refractivity contribution is -0.116. The van der Waals surface area contributed by atoms with Crippen molar-refractivity contribution in [1.82, 2.24) is 9.55 Å². The van der Waals surface area contributed by atoms with Gasteiger partial charge in [-0.15, -0.1) is 11.3 Å². The van der Waals surface area contributed by atoms with Gasteiger partial charge in [-0.3, -0.25) is 14.2 Å². The van der Waals surface area contributed by atoms with Gasteiger partial charge in [-0.05, 0) is 48.2 Å². The van der Waals surface area contributed by atoms with Crippen LogP contribution in [-0.4, -0.2) is 29.5 Å². The summed E-state index contributed by atoms with van der Waals surface area (Å²) in [6.45, 7) is 1.92. The van der Waals surface area contributed by atoms with Gasteiger partial charge in [0.25, 0.3) is 5.56 Å². The Morgan fingerprint density at radius 1 is 1.13 bits per heavy atom. The van der Waals surface area contributed by atoms with Crippen LogP contribution in [0.5, 0.6) is 0 Å². The summed E-state index contributed by atoms with van der Waals surface area (Å²) in [5, 5.41) is 1.45. The van der Waals surface area contributed by atoms with Crippen LogP contribution in [0.3, 0.4) is 0 Å². The summed E-state index contributed by atoms with van der Waals surface area (Å²) in [4.78, 5) is 29.4. The molecule has 6 nitrogen and oxygen atoms in total. The maximum atomic E-state index is 12.8. The SMILES string of the molecule is Cc1ccc2ccn(-c3ccc(CC(=O)CS(=O)(=O)c4ccc(Cl)s4)cn3)c(=O)c2c1. The normalized spacial score (nSPS) is 11.7. The number of hydrogen-bond donors (Lipinski definition) is 0. The number of Topliss-reactive ketones (excluding diaryl/α,β-unsaturated/α-hetero) is 1. The molecule has 3 heterocycles. The Bertz CT molecular complexity index is 1460. The molecule has 158 valence electrons. The molecule has 0 unspecified atom stereocenters. The van der Waals surface area contributed by atoms with Gasteiger partial charge < -0.3 is 0 Å². The maximum absolute atomic E-state index is 12.8. The van der Waals surface area contributed by atoms with Crippen LogP contribution in [0.4, 0.5) is 0 Å². The first-order chi connectivity index (χ1) is 14.7. The molecular formula is C22H17ClN2O4S2. The number of sulfone groups is 1. The van der Waals surface area contributed by atoms with Crippen LogP contribution in [0, 0.1) is 6.92 Å². The minimum Gasteiger partial charge on any atom is -0.298 e. The monoisotopic (exact) mass is 472 g/mol. The van der Waals surface area contributed by atoms with Crippen molar-refractivity contribution in [3.63, 3.8) is 0 Å². The number of halogens is 1. The number of carbonyl (C=O) groups excluding carboxylic acids is 1. The zero-order valence-corrected chi connectivity index (χ0v) is 18.8. The highest BCUT2D eigenvalue weighted by Crippen LogP contribution is 2.26. The van der Waals surface area contributed by atoms with Crippen molar-refractivity contribution in [3.8, 4) is 5.82 Å². The van der Waals surface area contributed by atoms with Crippen LogP contribution in [0.2, 0.25) is 4.34 Å². The highest BCUT2D eigenvalue weighted by atomic mass is 35.5. The highest BCUT2D eigenvalue weighted by molar-refractivity contribution is 7.94.